The van der Waals surface area contributed by atoms with Gasteiger partial charge in [0.25, 0.3) is 5.91 Å². The van der Waals surface area contributed by atoms with E-state index in [0.717, 1.165) is 17.2 Å². The Bertz CT molecular complexity index is 688. The van der Waals surface area contributed by atoms with Crippen LogP contribution in [-0.2, 0) is 0 Å². The first-order valence-electron chi connectivity index (χ1n) is 7.67. The number of rotatable bonds is 4. The highest BCUT2D eigenvalue weighted by Gasteiger charge is 2.38. The number of carbonyl (C=O) groups is 1. The number of β-amino-alcohol motifs (C(OH)–C–C–N with tert-alkyl or cyclic N) is 1. The zero-order valence-corrected chi connectivity index (χ0v) is 14.2. The van der Waals surface area contributed by atoms with Crippen LogP contribution >= 0.6 is 11.3 Å². The van der Waals surface area contributed by atoms with E-state index in [1.807, 2.05) is 37.3 Å². The number of hydrogen-bond acceptors (Lipinski definition) is 5. The van der Waals surface area contributed by atoms with Crippen molar-refractivity contribution < 1.29 is 9.90 Å². The number of likely N-dealkylation sites (N-methyl/N-ethyl adjacent to an activating group) is 1. The standard InChI is InChI=1S/C17H21N3O2S/c1-13-6-7-14(23-13)16(21)19(2)11-17(22)8-10-20(12-17)15-5-3-4-9-18-15/h3-7,9,22H,8,10-12H2,1-2H3. The van der Waals surface area contributed by atoms with Crippen LogP contribution < -0.4 is 4.90 Å². The van der Waals surface area contributed by atoms with E-state index in [-0.39, 0.29) is 5.91 Å². The van der Waals surface area contributed by atoms with Gasteiger partial charge in [0.2, 0.25) is 0 Å². The summed E-state index contributed by atoms with van der Waals surface area (Å²) in [5.41, 5.74) is -0.895. The first-order valence-corrected chi connectivity index (χ1v) is 8.49. The highest BCUT2D eigenvalue weighted by Crippen LogP contribution is 2.27. The van der Waals surface area contributed by atoms with Gasteiger partial charge in [0, 0.05) is 31.2 Å². The molecule has 2 aromatic heterocycles. The fraction of sp³-hybridized carbons (Fsp3) is 0.412. The van der Waals surface area contributed by atoms with Crippen molar-refractivity contribution in [1.82, 2.24) is 9.88 Å². The first-order chi connectivity index (χ1) is 11.0. The van der Waals surface area contributed by atoms with E-state index >= 15 is 0 Å². The molecule has 1 atom stereocenters. The zero-order valence-electron chi connectivity index (χ0n) is 13.4. The van der Waals surface area contributed by atoms with Crippen molar-refractivity contribution in [2.24, 2.45) is 0 Å². The molecule has 1 unspecified atom stereocenters. The summed E-state index contributed by atoms with van der Waals surface area (Å²) in [5.74, 6) is 0.832. The van der Waals surface area contributed by atoms with E-state index in [1.54, 1.807) is 18.1 Å². The minimum atomic E-state index is -0.895. The molecule has 1 aliphatic rings. The van der Waals surface area contributed by atoms with Gasteiger partial charge in [-0.2, -0.15) is 0 Å². The smallest absolute Gasteiger partial charge is 0.263 e. The highest BCUT2D eigenvalue weighted by atomic mass is 32.1. The van der Waals surface area contributed by atoms with Crippen LogP contribution in [-0.4, -0.2) is 53.2 Å². The Balaban J connectivity index is 1.64. The third-order valence-electron chi connectivity index (χ3n) is 4.13. The van der Waals surface area contributed by atoms with E-state index in [1.165, 1.54) is 11.3 Å². The van der Waals surface area contributed by atoms with Crippen LogP contribution in [0.1, 0.15) is 21.0 Å². The number of nitrogens with zero attached hydrogens (tertiary/aromatic N) is 3. The van der Waals surface area contributed by atoms with Crippen LogP contribution in [0, 0.1) is 6.92 Å². The van der Waals surface area contributed by atoms with Crippen molar-refractivity contribution in [3.63, 3.8) is 0 Å². The van der Waals surface area contributed by atoms with Crippen molar-refractivity contribution in [1.29, 1.82) is 0 Å². The number of aliphatic hydroxyl groups is 1. The van der Waals surface area contributed by atoms with Crippen LogP contribution in [0.25, 0.3) is 0 Å². The highest BCUT2D eigenvalue weighted by molar-refractivity contribution is 7.13. The predicted octanol–water partition coefficient (Wildman–Crippen LogP) is 2.16. The number of aryl methyl sites for hydroxylation is 1. The second-order valence-electron chi connectivity index (χ2n) is 6.16. The minimum absolute atomic E-state index is 0.0344. The van der Waals surface area contributed by atoms with Gasteiger partial charge in [0.15, 0.2) is 0 Å². The molecule has 2 aromatic rings. The lowest BCUT2D eigenvalue weighted by atomic mass is 10.0. The molecule has 0 saturated carbocycles. The van der Waals surface area contributed by atoms with Crippen LogP contribution in [0.15, 0.2) is 36.5 Å². The second kappa shape index (κ2) is 6.29. The molecule has 3 heterocycles. The zero-order chi connectivity index (χ0) is 16.4. The lowest BCUT2D eigenvalue weighted by molar-refractivity contribution is 0.0266. The van der Waals surface area contributed by atoms with Crippen LogP contribution in [0.2, 0.25) is 0 Å². The third-order valence-corrected chi connectivity index (χ3v) is 5.12. The monoisotopic (exact) mass is 331 g/mol. The van der Waals surface area contributed by atoms with Gasteiger partial charge in [-0.25, -0.2) is 4.98 Å². The molecule has 5 nitrogen and oxygen atoms in total. The van der Waals surface area contributed by atoms with E-state index < -0.39 is 5.60 Å². The number of aromatic nitrogens is 1. The van der Waals surface area contributed by atoms with E-state index in [4.69, 9.17) is 0 Å². The van der Waals surface area contributed by atoms with Crippen LogP contribution in [0.4, 0.5) is 5.82 Å². The molecular formula is C17H21N3O2S. The Labute approximate surface area is 140 Å². The summed E-state index contributed by atoms with van der Waals surface area (Å²) < 4.78 is 0. The largest absolute Gasteiger partial charge is 0.386 e. The summed E-state index contributed by atoms with van der Waals surface area (Å²) in [6.07, 6.45) is 2.38. The van der Waals surface area contributed by atoms with E-state index in [2.05, 4.69) is 9.88 Å². The average molecular weight is 331 g/mol. The molecule has 0 aromatic carbocycles. The van der Waals surface area contributed by atoms with Gasteiger partial charge in [0.1, 0.15) is 11.4 Å². The molecule has 6 heteroatoms. The first kappa shape index (κ1) is 16.0. The maximum absolute atomic E-state index is 12.4. The molecule has 0 spiro atoms. The van der Waals surface area contributed by atoms with Gasteiger partial charge < -0.3 is 14.9 Å². The molecule has 1 fully saturated rings. The van der Waals surface area contributed by atoms with Gasteiger partial charge in [-0.1, -0.05) is 6.07 Å². The molecule has 1 aliphatic heterocycles. The Kier molecular flexibility index (Phi) is 4.37. The molecule has 0 radical (unpaired) electrons. The van der Waals surface area contributed by atoms with Crippen molar-refractivity contribution in [3.8, 4) is 0 Å². The Morgan fingerprint density at radius 2 is 2.26 bits per heavy atom. The second-order valence-corrected chi connectivity index (χ2v) is 7.44. The Morgan fingerprint density at radius 1 is 1.43 bits per heavy atom. The third kappa shape index (κ3) is 3.54. The summed E-state index contributed by atoms with van der Waals surface area (Å²) in [4.78, 5) is 22.3. The van der Waals surface area contributed by atoms with Crippen LogP contribution in [0.3, 0.4) is 0 Å². The number of amides is 1. The quantitative estimate of drug-likeness (QED) is 0.933. The summed E-state index contributed by atoms with van der Waals surface area (Å²) in [7, 11) is 1.75. The summed E-state index contributed by atoms with van der Waals surface area (Å²) in [5, 5.41) is 10.8. The van der Waals surface area contributed by atoms with Crippen molar-refractivity contribution in [3.05, 3.63) is 46.3 Å². The van der Waals surface area contributed by atoms with Gasteiger partial charge in [-0.05, 0) is 37.6 Å². The fourth-order valence-corrected chi connectivity index (χ4v) is 3.83. The minimum Gasteiger partial charge on any atom is -0.386 e. The van der Waals surface area contributed by atoms with Gasteiger partial charge in [-0.3, -0.25) is 4.79 Å². The molecular weight excluding hydrogens is 310 g/mol. The molecule has 1 N–H and O–H groups in total. The molecule has 1 amide bonds. The normalized spacial score (nSPS) is 20.7. The Hall–Kier alpha value is -1.92. The summed E-state index contributed by atoms with van der Waals surface area (Å²) >= 11 is 1.49. The van der Waals surface area contributed by atoms with Crippen molar-refractivity contribution >= 4 is 23.1 Å². The number of thiophene rings is 1. The van der Waals surface area contributed by atoms with Crippen molar-refractivity contribution in [2.75, 3.05) is 31.6 Å². The predicted molar refractivity (Wildman–Crippen MR) is 92.0 cm³/mol. The van der Waals surface area contributed by atoms with Gasteiger partial charge >= 0.3 is 0 Å². The summed E-state index contributed by atoms with van der Waals surface area (Å²) in [6, 6.07) is 9.54. The number of anilines is 1. The van der Waals surface area contributed by atoms with Gasteiger partial charge in [-0.15, -0.1) is 11.3 Å². The average Bonchev–Trinajstić information content (AvgIpc) is 3.14. The number of carbonyl (C=O) groups excluding carboxylic acids is 1. The SMILES string of the molecule is Cc1ccc(C(=O)N(C)CC2(O)CCN(c3ccccn3)C2)s1. The van der Waals surface area contributed by atoms with E-state index in [0.29, 0.717) is 24.4 Å². The van der Waals surface area contributed by atoms with Crippen molar-refractivity contribution in [2.45, 2.75) is 18.9 Å². The van der Waals surface area contributed by atoms with Crippen LogP contribution in [0.5, 0.6) is 0 Å². The van der Waals surface area contributed by atoms with E-state index in [9.17, 15) is 9.90 Å². The number of pyridine rings is 1. The lowest BCUT2D eigenvalue weighted by Crippen LogP contribution is -2.45. The molecule has 1 saturated heterocycles. The Morgan fingerprint density at radius 3 is 2.91 bits per heavy atom. The molecule has 23 heavy (non-hydrogen) atoms. The molecule has 3 rings (SSSR count). The molecule has 122 valence electrons. The fourth-order valence-electron chi connectivity index (χ4n) is 2.97. The molecule has 0 bridgehead atoms. The topological polar surface area (TPSA) is 56.7 Å². The summed E-state index contributed by atoms with van der Waals surface area (Å²) in [6.45, 7) is 3.54. The maximum Gasteiger partial charge on any atom is 0.263 e. The number of hydrogen-bond donors (Lipinski definition) is 1. The lowest BCUT2D eigenvalue weighted by Gasteiger charge is -2.29. The maximum atomic E-state index is 12.4. The molecule has 0 aliphatic carbocycles. The van der Waals surface area contributed by atoms with Gasteiger partial charge in [0.05, 0.1) is 11.4 Å².